The highest BCUT2D eigenvalue weighted by Gasteiger charge is 2.28. The summed E-state index contributed by atoms with van der Waals surface area (Å²) < 4.78 is 38.1. The van der Waals surface area contributed by atoms with Crippen molar-refractivity contribution < 1.29 is 17.9 Å². The zero-order valence-electron chi connectivity index (χ0n) is 9.82. The molecular formula is C9H21F3N2O. The highest BCUT2D eigenvalue weighted by molar-refractivity contribution is 4.51. The van der Waals surface area contributed by atoms with Crippen LogP contribution in [0.4, 0.5) is 13.2 Å². The molecule has 0 amide bonds. The Morgan fingerprint density at radius 1 is 1.20 bits per heavy atom. The van der Waals surface area contributed by atoms with Crippen LogP contribution in [-0.2, 0) is 4.74 Å². The molecule has 0 aliphatic heterocycles. The highest BCUT2D eigenvalue weighted by atomic mass is 19.4. The molecule has 0 heterocycles. The van der Waals surface area contributed by atoms with Crippen LogP contribution >= 0.6 is 0 Å². The molecule has 0 saturated carbocycles. The average Bonchev–Trinajstić information content (AvgIpc) is 2.16. The fourth-order valence-electron chi connectivity index (χ4n) is 0.732. The maximum absolute atomic E-state index is 11.5. The molecular weight excluding hydrogens is 209 g/mol. The number of nitrogens with zero attached hydrogens (tertiary/aromatic N) is 1. The number of rotatable bonds is 6. The molecule has 0 aliphatic carbocycles. The van der Waals surface area contributed by atoms with E-state index in [9.17, 15) is 13.2 Å². The van der Waals surface area contributed by atoms with Gasteiger partial charge >= 0.3 is 6.36 Å². The number of hydrogen-bond donors (Lipinski definition) is 1. The van der Waals surface area contributed by atoms with E-state index in [-0.39, 0.29) is 13.2 Å². The van der Waals surface area contributed by atoms with E-state index in [1.807, 2.05) is 13.8 Å². The predicted octanol–water partition coefficient (Wildman–Crippen LogP) is 1.70. The van der Waals surface area contributed by atoms with Crippen molar-refractivity contribution in [1.29, 1.82) is 0 Å². The van der Waals surface area contributed by atoms with Crippen LogP contribution in [0.15, 0.2) is 0 Å². The van der Waals surface area contributed by atoms with Crippen LogP contribution in [-0.4, -0.2) is 51.6 Å². The molecule has 3 nitrogen and oxygen atoms in total. The van der Waals surface area contributed by atoms with Crippen molar-refractivity contribution in [3.05, 3.63) is 0 Å². The van der Waals surface area contributed by atoms with Gasteiger partial charge < -0.3 is 10.2 Å². The highest BCUT2D eigenvalue weighted by Crippen LogP contribution is 2.15. The van der Waals surface area contributed by atoms with Gasteiger partial charge in [-0.25, -0.2) is 0 Å². The Labute approximate surface area is 89.6 Å². The van der Waals surface area contributed by atoms with Crippen LogP contribution in [0.25, 0.3) is 0 Å². The predicted molar refractivity (Wildman–Crippen MR) is 54.8 cm³/mol. The fourth-order valence-corrected chi connectivity index (χ4v) is 0.732. The molecule has 0 spiro atoms. The molecule has 0 aromatic rings. The molecule has 0 unspecified atom stereocenters. The van der Waals surface area contributed by atoms with Crippen LogP contribution < -0.4 is 5.32 Å². The second kappa shape index (κ2) is 10.2. The van der Waals surface area contributed by atoms with E-state index in [1.165, 1.54) is 0 Å². The number of hydrogen-bond acceptors (Lipinski definition) is 3. The summed E-state index contributed by atoms with van der Waals surface area (Å²) in [6, 6.07) is 0. The lowest BCUT2D eigenvalue weighted by atomic mass is 10.5. The molecule has 0 bridgehead atoms. The second-order valence-electron chi connectivity index (χ2n) is 2.70. The fraction of sp³-hybridized carbons (Fsp3) is 1.00. The van der Waals surface area contributed by atoms with Crippen LogP contribution in [0.5, 0.6) is 0 Å². The van der Waals surface area contributed by atoms with Gasteiger partial charge in [0.2, 0.25) is 0 Å². The first-order valence-electron chi connectivity index (χ1n) is 4.99. The number of ether oxygens (including phenoxy) is 1. The van der Waals surface area contributed by atoms with Crippen molar-refractivity contribution in [3.8, 4) is 0 Å². The molecule has 1 N–H and O–H groups in total. The Balaban J connectivity index is 0. The molecule has 15 heavy (non-hydrogen) atoms. The van der Waals surface area contributed by atoms with Crippen LogP contribution in [0.3, 0.4) is 0 Å². The zero-order valence-corrected chi connectivity index (χ0v) is 9.82. The monoisotopic (exact) mass is 230 g/mol. The van der Waals surface area contributed by atoms with Gasteiger partial charge in [0, 0.05) is 19.6 Å². The van der Waals surface area contributed by atoms with E-state index in [4.69, 9.17) is 0 Å². The lowest BCUT2D eigenvalue weighted by Crippen LogP contribution is -2.31. The minimum atomic E-state index is -4.51. The Kier molecular flexibility index (Phi) is 11.6. The first-order valence-corrected chi connectivity index (χ1v) is 4.99. The van der Waals surface area contributed by atoms with Gasteiger partial charge in [-0.05, 0) is 14.1 Å². The first-order chi connectivity index (χ1) is 6.95. The molecule has 0 aromatic heterocycles. The molecule has 0 atom stereocenters. The summed E-state index contributed by atoms with van der Waals surface area (Å²) in [4.78, 5) is 1.77. The van der Waals surface area contributed by atoms with Crippen LogP contribution in [0, 0.1) is 0 Å². The number of halogens is 3. The summed E-state index contributed by atoms with van der Waals surface area (Å²) in [5.41, 5.74) is 0. The lowest BCUT2D eigenvalue weighted by molar-refractivity contribution is -0.324. The zero-order chi connectivity index (χ0) is 12.3. The first kappa shape index (κ1) is 17.1. The summed E-state index contributed by atoms with van der Waals surface area (Å²) in [7, 11) is 3.54. The second-order valence-corrected chi connectivity index (χ2v) is 2.70. The summed E-state index contributed by atoms with van der Waals surface area (Å²) in [6.45, 7) is 5.42. The van der Waals surface area contributed by atoms with E-state index in [0.717, 1.165) is 6.54 Å². The Bertz CT molecular complexity index is 131. The normalized spacial score (nSPS) is 11.2. The van der Waals surface area contributed by atoms with Gasteiger partial charge in [0.15, 0.2) is 0 Å². The quantitative estimate of drug-likeness (QED) is 0.751. The molecule has 0 rings (SSSR count). The average molecular weight is 230 g/mol. The van der Waals surface area contributed by atoms with Gasteiger partial charge in [0.25, 0.3) is 0 Å². The maximum Gasteiger partial charge on any atom is 0.522 e. The maximum atomic E-state index is 11.5. The van der Waals surface area contributed by atoms with E-state index >= 15 is 0 Å². The SMILES string of the molecule is CC.CNCCN(C)CCOC(F)(F)F. The Morgan fingerprint density at radius 2 is 1.73 bits per heavy atom. The van der Waals surface area contributed by atoms with Gasteiger partial charge in [-0.15, -0.1) is 13.2 Å². The summed E-state index contributed by atoms with van der Waals surface area (Å²) in [5.74, 6) is 0. The smallest absolute Gasteiger partial charge is 0.318 e. The molecule has 0 aromatic carbocycles. The number of likely N-dealkylation sites (N-methyl/N-ethyl adjacent to an activating group) is 2. The lowest BCUT2D eigenvalue weighted by Gasteiger charge is -2.16. The third kappa shape index (κ3) is 16.4. The molecule has 6 heteroatoms. The third-order valence-corrected chi connectivity index (χ3v) is 1.48. The van der Waals surface area contributed by atoms with Crippen molar-refractivity contribution in [2.75, 3.05) is 40.3 Å². The molecule has 0 aliphatic rings. The Morgan fingerprint density at radius 3 is 2.13 bits per heavy atom. The van der Waals surface area contributed by atoms with Crippen molar-refractivity contribution >= 4 is 0 Å². The van der Waals surface area contributed by atoms with Crippen LogP contribution in [0.1, 0.15) is 13.8 Å². The molecule has 0 fully saturated rings. The molecule has 0 radical (unpaired) electrons. The van der Waals surface area contributed by atoms with Crippen LogP contribution in [0.2, 0.25) is 0 Å². The third-order valence-electron chi connectivity index (χ3n) is 1.48. The van der Waals surface area contributed by atoms with Crippen molar-refractivity contribution in [2.24, 2.45) is 0 Å². The van der Waals surface area contributed by atoms with E-state index in [0.29, 0.717) is 6.54 Å². The standard InChI is InChI=1S/C7H15F3N2O.C2H6/c1-11-3-4-12(2)5-6-13-7(8,9)10;1-2/h11H,3-6H2,1-2H3;1-2H3. The van der Waals surface area contributed by atoms with E-state index in [1.54, 1.807) is 19.0 Å². The largest absolute Gasteiger partial charge is 0.522 e. The molecule has 0 saturated heterocycles. The summed E-state index contributed by atoms with van der Waals surface area (Å²) in [6.07, 6.45) is -4.51. The van der Waals surface area contributed by atoms with Gasteiger partial charge in [-0.3, -0.25) is 4.74 Å². The number of nitrogens with one attached hydrogen (secondary N) is 1. The molecule has 94 valence electrons. The topological polar surface area (TPSA) is 24.5 Å². The summed E-state index contributed by atoms with van der Waals surface area (Å²) >= 11 is 0. The van der Waals surface area contributed by atoms with Gasteiger partial charge in [-0.2, -0.15) is 0 Å². The number of alkyl halides is 3. The van der Waals surface area contributed by atoms with E-state index in [2.05, 4.69) is 10.1 Å². The van der Waals surface area contributed by atoms with Crippen molar-refractivity contribution in [3.63, 3.8) is 0 Å². The van der Waals surface area contributed by atoms with Crippen molar-refractivity contribution in [1.82, 2.24) is 10.2 Å². The minimum absolute atomic E-state index is 0.279. The Hall–Kier alpha value is -0.330. The van der Waals surface area contributed by atoms with Gasteiger partial charge in [0.1, 0.15) is 0 Å². The van der Waals surface area contributed by atoms with Crippen molar-refractivity contribution in [2.45, 2.75) is 20.2 Å². The summed E-state index contributed by atoms with van der Waals surface area (Å²) in [5, 5.41) is 2.90. The van der Waals surface area contributed by atoms with Gasteiger partial charge in [-0.1, -0.05) is 13.8 Å². The van der Waals surface area contributed by atoms with Gasteiger partial charge in [0.05, 0.1) is 6.61 Å². The minimum Gasteiger partial charge on any atom is -0.318 e. The van der Waals surface area contributed by atoms with E-state index < -0.39 is 6.36 Å².